The Hall–Kier alpha value is -5.16. The summed E-state index contributed by atoms with van der Waals surface area (Å²) in [6, 6.07) is 20.9. The number of hydrogen-bond donors (Lipinski definition) is 3. The van der Waals surface area contributed by atoms with Crippen LogP contribution in [-0.4, -0.2) is 77.2 Å². The zero-order valence-electron chi connectivity index (χ0n) is 27.6. The number of allylic oxidation sites excluding steroid dienone is 1. The van der Waals surface area contributed by atoms with Gasteiger partial charge in [0.1, 0.15) is 23.5 Å². The average Bonchev–Trinajstić information content (AvgIpc) is 3.47. The number of urea groups is 2. The fourth-order valence-corrected chi connectivity index (χ4v) is 5.55. The van der Waals surface area contributed by atoms with Crippen molar-refractivity contribution in [3.63, 3.8) is 0 Å². The molecule has 0 radical (unpaired) electrons. The number of benzene rings is 3. The van der Waals surface area contributed by atoms with Gasteiger partial charge in [-0.2, -0.15) is 5.10 Å². The molecule has 11 nitrogen and oxygen atoms in total. The van der Waals surface area contributed by atoms with Crippen molar-refractivity contribution in [1.29, 1.82) is 0 Å². The van der Waals surface area contributed by atoms with Crippen LogP contribution in [0.25, 0.3) is 16.5 Å². The number of dihydropyridines is 1. The van der Waals surface area contributed by atoms with Crippen LogP contribution in [0.15, 0.2) is 83.6 Å². The van der Waals surface area contributed by atoms with Crippen molar-refractivity contribution in [3.05, 3.63) is 89.8 Å². The summed E-state index contributed by atoms with van der Waals surface area (Å²) in [5.74, 6) is 1.90. The minimum Gasteiger partial charge on any atom is -0.461 e. The van der Waals surface area contributed by atoms with Gasteiger partial charge in [-0.15, -0.1) is 0 Å². The molecule has 4 amide bonds. The van der Waals surface area contributed by atoms with Crippen LogP contribution in [0.4, 0.5) is 21.1 Å². The third kappa shape index (κ3) is 7.47. The molecule has 0 saturated carbocycles. The van der Waals surface area contributed by atoms with Crippen LogP contribution in [0.3, 0.4) is 0 Å². The van der Waals surface area contributed by atoms with Crippen LogP contribution in [0.5, 0.6) is 5.75 Å². The number of anilines is 2. The number of likely N-dealkylation sites (N-methyl/N-ethyl adjacent to an activating group) is 1. The zero-order chi connectivity index (χ0) is 33.1. The number of carbonyl (C=O) groups excluding carboxylic acids is 2. The summed E-state index contributed by atoms with van der Waals surface area (Å²) in [6.45, 7) is 11.4. The topological polar surface area (TPSA) is 116 Å². The molecular weight excluding hydrogens is 592 g/mol. The van der Waals surface area contributed by atoms with Crippen LogP contribution in [0.2, 0.25) is 0 Å². The highest BCUT2D eigenvalue weighted by Crippen LogP contribution is 2.34. The molecule has 0 spiro atoms. The van der Waals surface area contributed by atoms with E-state index in [0.29, 0.717) is 42.5 Å². The molecule has 1 fully saturated rings. The van der Waals surface area contributed by atoms with E-state index in [2.05, 4.69) is 53.7 Å². The number of aliphatic imine (C=N–C) groups is 1. The Labute approximate surface area is 275 Å². The lowest BCUT2D eigenvalue weighted by Crippen LogP contribution is -2.52. The summed E-state index contributed by atoms with van der Waals surface area (Å²) in [5, 5.41) is 15.5. The molecule has 47 heavy (non-hydrogen) atoms. The van der Waals surface area contributed by atoms with E-state index in [1.165, 1.54) is 0 Å². The standard InChI is InChI=1S/C36H42N8O3/c1-24-10-12-25(13-11-24)44-33(23-31(41-44)36(2,3)4)40-34(45)38-29-14-15-30(28-9-7-6-8-27(28)29)47-26-16-17-37-32(22-26)39-35(46)43-20-18-42(5)19-21-43/h6-17,23,32H,18-22H2,1-5H3,(H,39,46)(H2,38,40,45). The molecule has 0 aliphatic carbocycles. The number of nitrogens with one attached hydrogen (secondary N) is 3. The molecule has 3 aromatic carbocycles. The average molecular weight is 635 g/mol. The Bertz CT molecular complexity index is 1830. The van der Waals surface area contributed by atoms with Gasteiger partial charge in [0, 0.05) is 61.1 Å². The van der Waals surface area contributed by atoms with E-state index in [1.807, 2.05) is 84.6 Å². The van der Waals surface area contributed by atoms with Gasteiger partial charge in [-0.05, 0) is 44.3 Å². The van der Waals surface area contributed by atoms with Crippen LogP contribution >= 0.6 is 0 Å². The van der Waals surface area contributed by atoms with Crippen molar-refractivity contribution in [3.8, 4) is 11.4 Å². The van der Waals surface area contributed by atoms with Crippen molar-refractivity contribution in [1.82, 2.24) is 24.9 Å². The van der Waals surface area contributed by atoms with E-state index in [9.17, 15) is 9.59 Å². The van der Waals surface area contributed by atoms with Gasteiger partial charge >= 0.3 is 12.1 Å². The molecule has 2 aliphatic heterocycles. The van der Waals surface area contributed by atoms with Gasteiger partial charge in [0.05, 0.1) is 17.1 Å². The number of ether oxygens (including phenoxy) is 1. The summed E-state index contributed by atoms with van der Waals surface area (Å²) < 4.78 is 8.12. The van der Waals surface area contributed by atoms with E-state index in [0.717, 1.165) is 40.8 Å². The van der Waals surface area contributed by atoms with Gasteiger partial charge in [-0.1, -0.05) is 62.7 Å². The molecule has 4 aromatic rings. The number of nitrogens with zero attached hydrogens (tertiary/aromatic N) is 5. The Morgan fingerprint density at radius 2 is 1.64 bits per heavy atom. The highest BCUT2D eigenvalue weighted by Gasteiger charge is 2.24. The van der Waals surface area contributed by atoms with E-state index < -0.39 is 6.17 Å². The largest absolute Gasteiger partial charge is 0.461 e. The third-order valence-corrected chi connectivity index (χ3v) is 8.37. The number of aromatic nitrogens is 2. The highest BCUT2D eigenvalue weighted by molar-refractivity contribution is 6.07. The fourth-order valence-electron chi connectivity index (χ4n) is 5.55. The monoisotopic (exact) mass is 634 g/mol. The molecule has 244 valence electrons. The van der Waals surface area contributed by atoms with Gasteiger partial charge in [0.15, 0.2) is 0 Å². The molecular formula is C36H42N8O3. The Balaban J connectivity index is 1.16. The minimum atomic E-state index is -0.412. The summed E-state index contributed by atoms with van der Waals surface area (Å²) in [4.78, 5) is 34.7. The third-order valence-electron chi connectivity index (χ3n) is 8.37. The summed E-state index contributed by atoms with van der Waals surface area (Å²) >= 11 is 0. The highest BCUT2D eigenvalue weighted by atomic mass is 16.5. The predicted octanol–water partition coefficient (Wildman–Crippen LogP) is 6.30. The Morgan fingerprint density at radius 3 is 2.36 bits per heavy atom. The zero-order valence-corrected chi connectivity index (χ0v) is 27.6. The number of hydrogen-bond acceptors (Lipinski definition) is 6. The lowest BCUT2D eigenvalue weighted by atomic mass is 9.92. The van der Waals surface area contributed by atoms with E-state index in [4.69, 9.17) is 9.84 Å². The van der Waals surface area contributed by atoms with Crippen molar-refractivity contribution in [2.75, 3.05) is 43.9 Å². The van der Waals surface area contributed by atoms with Gasteiger partial charge < -0.3 is 25.2 Å². The number of rotatable bonds is 6. The number of piperazine rings is 1. The Morgan fingerprint density at radius 1 is 0.915 bits per heavy atom. The van der Waals surface area contributed by atoms with Crippen LogP contribution < -0.4 is 20.7 Å². The molecule has 1 unspecified atom stereocenters. The van der Waals surface area contributed by atoms with Gasteiger partial charge in [0.25, 0.3) is 0 Å². The van der Waals surface area contributed by atoms with Crippen molar-refractivity contribution < 1.29 is 14.3 Å². The first-order valence-corrected chi connectivity index (χ1v) is 15.9. The van der Waals surface area contributed by atoms with Gasteiger partial charge in [-0.3, -0.25) is 10.3 Å². The van der Waals surface area contributed by atoms with Gasteiger partial charge in [0.2, 0.25) is 0 Å². The molecule has 11 heteroatoms. The summed E-state index contributed by atoms with van der Waals surface area (Å²) in [7, 11) is 2.06. The van der Waals surface area contributed by atoms with Crippen LogP contribution in [-0.2, 0) is 5.41 Å². The number of fused-ring (bicyclic) bond motifs is 1. The molecule has 3 N–H and O–H groups in total. The maximum atomic E-state index is 13.4. The first-order valence-electron chi connectivity index (χ1n) is 15.9. The van der Waals surface area contributed by atoms with Crippen molar-refractivity contribution >= 4 is 40.6 Å². The van der Waals surface area contributed by atoms with E-state index in [-0.39, 0.29) is 17.5 Å². The molecule has 2 aliphatic rings. The number of aryl methyl sites for hydroxylation is 1. The number of amides is 4. The Kier molecular flexibility index (Phi) is 8.99. The fraction of sp³-hybridized carbons (Fsp3) is 0.333. The molecule has 1 atom stereocenters. The van der Waals surface area contributed by atoms with E-state index >= 15 is 0 Å². The molecule has 3 heterocycles. The minimum absolute atomic E-state index is 0.114. The molecule has 6 rings (SSSR count). The quantitative estimate of drug-likeness (QED) is 0.230. The first kappa shape index (κ1) is 31.8. The number of carbonyl (C=O) groups is 2. The maximum Gasteiger partial charge on any atom is 0.324 e. The lowest BCUT2D eigenvalue weighted by Gasteiger charge is -2.33. The van der Waals surface area contributed by atoms with Crippen LogP contribution in [0.1, 0.15) is 38.4 Å². The SMILES string of the molecule is Cc1ccc(-n2nc(C(C)(C)C)cc2NC(=O)Nc2ccc(OC3=CC=NC(NC(=O)N4CCN(C)CC4)C3)c3ccccc23)cc1. The van der Waals surface area contributed by atoms with Crippen LogP contribution in [0, 0.1) is 6.92 Å². The second-order valence-corrected chi connectivity index (χ2v) is 13.1. The molecule has 1 aromatic heterocycles. The van der Waals surface area contributed by atoms with Crippen molar-refractivity contribution in [2.24, 2.45) is 4.99 Å². The lowest BCUT2D eigenvalue weighted by molar-refractivity contribution is 0.151. The predicted molar refractivity (Wildman–Crippen MR) is 187 cm³/mol. The normalized spacial score (nSPS) is 16.9. The summed E-state index contributed by atoms with van der Waals surface area (Å²) in [5.41, 5.74) is 3.30. The first-order chi connectivity index (χ1) is 22.5. The smallest absolute Gasteiger partial charge is 0.324 e. The summed E-state index contributed by atoms with van der Waals surface area (Å²) in [6.07, 6.45) is 3.50. The maximum absolute atomic E-state index is 13.4. The molecule has 1 saturated heterocycles. The molecule has 0 bridgehead atoms. The van der Waals surface area contributed by atoms with E-state index in [1.54, 1.807) is 10.9 Å². The second-order valence-electron chi connectivity index (χ2n) is 13.1. The van der Waals surface area contributed by atoms with Gasteiger partial charge in [-0.25, -0.2) is 14.3 Å². The van der Waals surface area contributed by atoms with Crippen molar-refractivity contribution in [2.45, 2.75) is 45.7 Å². The second kappa shape index (κ2) is 13.3.